The standard InChI is InChI=1S/C15H15N3O/c19-15(18-14-5-2-8-16-10-14)17-13-7-6-11-3-1-4-12(11)9-13/h2,5-10H,1,3-4H2,(H2,17,18,19). The third-order valence-electron chi connectivity index (χ3n) is 3.28. The second-order valence-corrected chi connectivity index (χ2v) is 4.66. The van der Waals surface area contributed by atoms with Crippen molar-refractivity contribution in [2.45, 2.75) is 19.3 Å². The highest BCUT2D eigenvalue weighted by molar-refractivity contribution is 5.99. The van der Waals surface area contributed by atoms with E-state index in [-0.39, 0.29) is 6.03 Å². The van der Waals surface area contributed by atoms with Crippen molar-refractivity contribution in [3.63, 3.8) is 0 Å². The molecule has 19 heavy (non-hydrogen) atoms. The Hall–Kier alpha value is -2.36. The van der Waals surface area contributed by atoms with Gasteiger partial charge in [0, 0.05) is 11.9 Å². The van der Waals surface area contributed by atoms with E-state index in [1.54, 1.807) is 24.5 Å². The van der Waals surface area contributed by atoms with Crippen molar-refractivity contribution in [1.82, 2.24) is 4.98 Å². The smallest absolute Gasteiger partial charge is 0.308 e. The molecule has 0 bridgehead atoms. The summed E-state index contributed by atoms with van der Waals surface area (Å²) in [4.78, 5) is 15.8. The highest BCUT2D eigenvalue weighted by Crippen LogP contribution is 2.24. The molecule has 0 aliphatic heterocycles. The number of urea groups is 1. The van der Waals surface area contributed by atoms with Crippen LogP contribution in [0, 0.1) is 0 Å². The fourth-order valence-corrected chi connectivity index (χ4v) is 2.38. The zero-order valence-corrected chi connectivity index (χ0v) is 10.5. The van der Waals surface area contributed by atoms with E-state index in [9.17, 15) is 4.79 Å². The predicted octanol–water partition coefficient (Wildman–Crippen LogP) is 3.21. The molecule has 0 saturated carbocycles. The number of amides is 2. The molecule has 2 aromatic rings. The first-order valence-corrected chi connectivity index (χ1v) is 6.41. The van der Waals surface area contributed by atoms with Gasteiger partial charge in [-0.1, -0.05) is 6.07 Å². The van der Waals surface area contributed by atoms with Crippen molar-refractivity contribution in [3.8, 4) is 0 Å². The molecule has 1 heterocycles. The normalized spacial score (nSPS) is 12.8. The number of carbonyl (C=O) groups excluding carboxylic acids is 1. The van der Waals surface area contributed by atoms with E-state index in [0.717, 1.165) is 18.5 Å². The van der Waals surface area contributed by atoms with Crippen molar-refractivity contribution in [1.29, 1.82) is 0 Å². The summed E-state index contributed by atoms with van der Waals surface area (Å²) >= 11 is 0. The number of nitrogens with zero attached hydrogens (tertiary/aromatic N) is 1. The Kier molecular flexibility index (Phi) is 3.14. The van der Waals surface area contributed by atoms with Crippen molar-refractivity contribution in [2.75, 3.05) is 10.6 Å². The molecule has 1 aromatic carbocycles. The van der Waals surface area contributed by atoms with Gasteiger partial charge in [-0.3, -0.25) is 4.98 Å². The van der Waals surface area contributed by atoms with Crippen molar-refractivity contribution in [2.24, 2.45) is 0 Å². The largest absolute Gasteiger partial charge is 0.323 e. The molecule has 4 heteroatoms. The maximum absolute atomic E-state index is 11.8. The van der Waals surface area contributed by atoms with Gasteiger partial charge in [-0.2, -0.15) is 0 Å². The topological polar surface area (TPSA) is 54.0 Å². The van der Waals surface area contributed by atoms with Crippen molar-refractivity contribution in [3.05, 3.63) is 53.9 Å². The van der Waals surface area contributed by atoms with Gasteiger partial charge in [-0.25, -0.2) is 4.79 Å². The molecule has 0 radical (unpaired) electrons. The van der Waals surface area contributed by atoms with Gasteiger partial charge in [-0.15, -0.1) is 0 Å². The number of aromatic nitrogens is 1. The van der Waals surface area contributed by atoms with Gasteiger partial charge in [-0.05, 0) is 54.7 Å². The van der Waals surface area contributed by atoms with E-state index < -0.39 is 0 Å². The molecule has 1 aliphatic rings. The van der Waals surface area contributed by atoms with E-state index >= 15 is 0 Å². The fraction of sp³-hybridized carbons (Fsp3) is 0.200. The Balaban J connectivity index is 1.66. The van der Waals surface area contributed by atoms with Crippen LogP contribution in [0.5, 0.6) is 0 Å². The van der Waals surface area contributed by atoms with Crippen LogP contribution >= 0.6 is 0 Å². The number of fused-ring (bicyclic) bond motifs is 1. The predicted molar refractivity (Wildman–Crippen MR) is 75.3 cm³/mol. The molecule has 1 aromatic heterocycles. The maximum Gasteiger partial charge on any atom is 0.323 e. The Morgan fingerprint density at radius 2 is 1.89 bits per heavy atom. The van der Waals surface area contributed by atoms with Gasteiger partial charge in [0.2, 0.25) is 0 Å². The highest BCUT2D eigenvalue weighted by Gasteiger charge is 2.11. The number of hydrogen-bond donors (Lipinski definition) is 2. The van der Waals surface area contributed by atoms with Crippen molar-refractivity contribution < 1.29 is 4.79 Å². The molecule has 2 amide bonds. The Morgan fingerprint density at radius 1 is 1.05 bits per heavy atom. The fourth-order valence-electron chi connectivity index (χ4n) is 2.38. The number of pyridine rings is 1. The maximum atomic E-state index is 11.8. The summed E-state index contributed by atoms with van der Waals surface area (Å²) in [6, 6.07) is 9.45. The summed E-state index contributed by atoms with van der Waals surface area (Å²) in [6.45, 7) is 0. The van der Waals surface area contributed by atoms with Gasteiger partial charge < -0.3 is 10.6 Å². The first kappa shape index (κ1) is 11.7. The SMILES string of the molecule is O=C(Nc1cccnc1)Nc1ccc2c(c1)CCC2. The number of nitrogens with one attached hydrogen (secondary N) is 2. The zero-order valence-electron chi connectivity index (χ0n) is 10.5. The Labute approximate surface area is 111 Å². The lowest BCUT2D eigenvalue weighted by atomic mass is 10.1. The average Bonchev–Trinajstić information content (AvgIpc) is 2.87. The number of anilines is 2. The molecule has 96 valence electrons. The van der Waals surface area contributed by atoms with E-state index in [0.29, 0.717) is 5.69 Å². The van der Waals surface area contributed by atoms with Crippen LogP contribution in [0.4, 0.5) is 16.2 Å². The highest BCUT2D eigenvalue weighted by atomic mass is 16.2. The Bertz CT molecular complexity index is 596. The number of benzene rings is 1. The molecule has 0 atom stereocenters. The summed E-state index contributed by atoms with van der Waals surface area (Å²) < 4.78 is 0. The molecule has 0 spiro atoms. The Morgan fingerprint density at radius 3 is 2.74 bits per heavy atom. The average molecular weight is 253 g/mol. The van der Waals surface area contributed by atoms with Crippen LogP contribution in [0.2, 0.25) is 0 Å². The van der Waals surface area contributed by atoms with E-state index in [4.69, 9.17) is 0 Å². The number of rotatable bonds is 2. The number of hydrogen-bond acceptors (Lipinski definition) is 2. The number of carbonyl (C=O) groups is 1. The number of aryl methyl sites for hydroxylation is 2. The summed E-state index contributed by atoms with van der Waals surface area (Å²) in [6.07, 6.45) is 6.75. The molecule has 3 rings (SSSR count). The molecule has 0 unspecified atom stereocenters. The second-order valence-electron chi connectivity index (χ2n) is 4.66. The summed E-state index contributed by atoms with van der Waals surface area (Å²) in [5.41, 5.74) is 4.26. The van der Waals surface area contributed by atoms with Crippen LogP contribution in [-0.2, 0) is 12.8 Å². The van der Waals surface area contributed by atoms with Gasteiger partial charge in [0.25, 0.3) is 0 Å². The summed E-state index contributed by atoms with van der Waals surface area (Å²) in [5.74, 6) is 0. The lowest BCUT2D eigenvalue weighted by molar-refractivity contribution is 0.262. The molecular formula is C15H15N3O. The van der Waals surface area contributed by atoms with Gasteiger partial charge in [0.15, 0.2) is 0 Å². The molecule has 0 saturated heterocycles. The monoisotopic (exact) mass is 253 g/mol. The molecular weight excluding hydrogens is 238 g/mol. The van der Waals surface area contributed by atoms with Crippen molar-refractivity contribution >= 4 is 17.4 Å². The first-order chi connectivity index (χ1) is 9.31. The molecule has 1 aliphatic carbocycles. The molecule has 4 nitrogen and oxygen atoms in total. The lowest BCUT2D eigenvalue weighted by Gasteiger charge is -2.08. The van der Waals surface area contributed by atoms with Crippen LogP contribution in [-0.4, -0.2) is 11.0 Å². The van der Waals surface area contributed by atoms with Gasteiger partial charge in [0.1, 0.15) is 0 Å². The minimum Gasteiger partial charge on any atom is -0.308 e. The van der Waals surface area contributed by atoms with Crippen LogP contribution < -0.4 is 10.6 Å². The quantitative estimate of drug-likeness (QED) is 0.863. The lowest BCUT2D eigenvalue weighted by Crippen LogP contribution is -2.19. The van der Waals surface area contributed by atoms with Crippen LogP contribution in [0.25, 0.3) is 0 Å². The summed E-state index contributed by atoms with van der Waals surface area (Å²) in [5, 5.41) is 5.59. The third kappa shape index (κ3) is 2.73. The first-order valence-electron chi connectivity index (χ1n) is 6.41. The molecule has 0 fully saturated rings. The van der Waals surface area contributed by atoms with E-state index in [2.05, 4.69) is 27.8 Å². The van der Waals surface area contributed by atoms with E-state index in [1.165, 1.54) is 17.5 Å². The minimum absolute atomic E-state index is 0.244. The third-order valence-corrected chi connectivity index (χ3v) is 3.28. The second kappa shape index (κ2) is 5.10. The van der Waals surface area contributed by atoms with Crippen LogP contribution in [0.3, 0.4) is 0 Å². The van der Waals surface area contributed by atoms with Gasteiger partial charge >= 0.3 is 6.03 Å². The minimum atomic E-state index is -0.244. The molecule has 2 N–H and O–H groups in total. The van der Waals surface area contributed by atoms with Crippen LogP contribution in [0.15, 0.2) is 42.7 Å². The zero-order chi connectivity index (χ0) is 13.1. The summed E-state index contributed by atoms with van der Waals surface area (Å²) in [7, 11) is 0. The van der Waals surface area contributed by atoms with Crippen LogP contribution in [0.1, 0.15) is 17.5 Å². The van der Waals surface area contributed by atoms with E-state index in [1.807, 2.05) is 6.07 Å². The van der Waals surface area contributed by atoms with Gasteiger partial charge in [0.05, 0.1) is 11.9 Å².